The van der Waals surface area contributed by atoms with Crippen LogP contribution in [0.15, 0.2) is 84.9 Å². The monoisotopic (exact) mass is 474 g/mol. The first-order chi connectivity index (χ1) is 17.0. The molecule has 3 aromatic rings. The molecule has 184 valence electrons. The van der Waals surface area contributed by atoms with Crippen LogP contribution in [0.1, 0.15) is 31.4 Å². The molecule has 0 fully saturated rings. The molecule has 0 radical (unpaired) electrons. The van der Waals surface area contributed by atoms with Crippen molar-refractivity contribution in [2.45, 2.75) is 45.3 Å². The fraction of sp³-hybridized carbons (Fsp3) is 0.310. The Hall–Kier alpha value is -3.80. The summed E-state index contributed by atoms with van der Waals surface area (Å²) in [4.78, 5) is 28.6. The minimum Gasteiger partial charge on any atom is -0.497 e. The van der Waals surface area contributed by atoms with E-state index >= 15 is 0 Å². The summed E-state index contributed by atoms with van der Waals surface area (Å²) < 4.78 is 11.1. The van der Waals surface area contributed by atoms with Gasteiger partial charge in [-0.3, -0.25) is 9.59 Å². The van der Waals surface area contributed by atoms with Crippen LogP contribution in [0.3, 0.4) is 0 Å². The predicted molar refractivity (Wildman–Crippen MR) is 137 cm³/mol. The Morgan fingerprint density at radius 1 is 0.886 bits per heavy atom. The van der Waals surface area contributed by atoms with Crippen LogP contribution in [0.4, 0.5) is 0 Å². The van der Waals surface area contributed by atoms with Gasteiger partial charge in [-0.15, -0.1) is 0 Å². The first-order valence-corrected chi connectivity index (χ1v) is 11.9. The maximum absolute atomic E-state index is 13.6. The van der Waals surface area contributed by atoms with E-state index in [1.54, 1.807) is 24.1 Å². The minimum absolute atomic E-state index is 0.00452. The van der Waals surface area contributed by atoms with Crippen molar-refractivity contribution in [2.75, 3.05) is 13.7 Å². The van der Waals surface area contributed by atoms with Crippen LogP contribution in [-0.2, 0) is 22.6 Å². The van der Waals surface area contributed by atoms with Gasteiger partial charge in [-0.1, -0.05) is 67.6 Å². The topological polar surface area (TPSA) is 67.9 Å². The molecular formula is C29H34N2O4. The summed E-state index contributed by atoms with van der Waals surface area (Å²) in [6.07, 6.45) is 1.19. The van der Waals surface area contributed by atoms with Crippen LogP contribution in [-0.4, -0.2) is 42.5 Å². The highest BCUT2D eigenvalue weighted by Gasteiger charge is 2.31. The predicted octanol–water partition coefficient (Wildman–Crippen LogP) is 4.63. The molecule has 0 bridgehead atoms. The maximum atomic E-state index is 13.6. The van der Waals surface area contributed by atoms with Crippen molar-refractivity contribution in [2.24, 2.45) is 0 Å². The zero-order valence-corrected chi connectivity index (χ0v) is 20.6. The zero-order valence-electron chi connectivity index (χ0n) is 20.6. The molecule has 2 amide bonds. The van der Waals surface area contributed by atoms with Gasteiger partial charge in [0.2, 0.25) is 5.91 Å². The molecule has 0 aromatic heterocycles. The largest absolute Gasteiger partial charge is 0.497 e. The van der Waals surface area contributed by atoms with Crippen LogP contribution in [0.5, 0.6) is 11.5 Å². The number of nitrogens with one attached hydrogen (secondary N) is 1. The third kappa shape index (κ3) is 7.88. The van der Waals surface area contributed by atoms with Crippen LogP contribution in [0.25, 0.3) is 0 Å². The number of methoxy groups -OCH3 is 1. The molecule has 0 saturated heterocycles. The van der Waals surface area contributed by atoms with Crippen molar-refractivity contribution in [1.29, 1.82) is 0 Å². The number of hydrogen-bond donors (Lipinski definition) is 1. The van der Waals surface area contributed by atoms with Crippen molar-refractivity contribution in [3.05, 3.63) is 96.1 Å². The highest BCUT2D eigenvalue weighted by atomic mass is 16.5. The zero-order chi connectivity index (χ0) is 25.0. The van der Waals surface area contributed by atoms with Gasteiger partial charge in [0, 0.05) is 19.0 Å². The summed E-state index contributed by atoms with van der Waals surface area (Å²) in [5.74, 6) is 0.848. The van der Waals surface area contributed by atoms with Gasteiger partial charge in [-0.25, -0.2) is 0 Å². The lowest BCUT2D eigenvalue weighted by Crippen LogP contribution is -2.53. The molecule has 0 aliphatic rings. The van der Waals surface area contributed by atoms with E-state index < -0.39 is 6.04 Å². The number of hydrogen-bond acceptors (Lipinski definition) is 4. The lowest BCUT2D eigenvalue weighted by Gasteiger charge is -2.32. The average Bonchev–Trinajstić information content (AvgIpc) is 2.90. The second-order valence-electron chi connectivity index (χ2n) is 8.50. The molecular weight excluding hydrogens is 440 g/mol. The fourth-order valence-corrected chi connectivity index (χ4v) is 3.71. The number of benzene rings is 3. The molecule has 0 saturated carbocycles. The number of carbonyl (C=O) groups is 2. The standard InChI is InChI=1S/C29H34N2O4/c1-4-22(2)30-29(33)27(19-23-12-7-5-8-13-23)31(20-24-14-11-17-26(18-24)34-3)28(32)21-35-25-15-9-6-10-16-25/h5-18,22,27H,4,19-21H2,1-3H3,(H,30,33)/t22-,27-/m0/s1. The molecule has 0 unspecified atom stereocenters. The van der Waals surface area contributed by atoms with Crippen molar-refractivity contribution in [3.8, 4) is 11.5 Å². The molecule has 6 nitrogen and oxygen atoms in total. The number of rotatable bonds is 12. The Bertz CT molecular complexity index is 1070. The maximum Gasteiger partial charge on any atom is 0.261 e. The molecule has 2 atom stereocenters. The van der Waals surface area contributed by atoms with Gasteiger partial charge >= 0.3 is 0 Å². The smallest absolute Gasteiger partial charge is 0.261 e. The van der Waals surface area contributed by atoms with E-state index in [9.17, 15) is 9.59 Å². The Balaban J connectivity index is 1.92. The van der Waals surface area contributed by atoms with Gasteiger partial charge in [-0.2, -0.15) is 0 Å². The molecule has 0 aliphatic carbocycles. The molecule has 6 heteroatoms. The van der Waals surface area contributed by atoms with Crippen LogP contribution >= 0.6 is 0 Å². The number of amides is 2. The van der Waals surface area contributed by atoms with Crippen LogP contribution in [0.2, 0.25) is 0 Å². The Labute approximate surface area is 207 Å². The molecule has 3 aromatic carbocycles. The summed E-state index contributed by atoms with van der Waals surface area (Å²) in [6.45, 7) is 4.06. The Kier molecular flexibility index (Phi) is 9.72. The van der Waals surface area contributed by atoms with Crippen LogP contribution in [0, 0.1) is 0 Å². The summed E-state index contributed by atoms with van der Waals surface area (Å²) in [5, 5.41) is 3.07. The highest BCUT2D eigenvalue weighted by molar-refractivity contribution is 5.88. The van der Waals surface area contributed by atoms with E-state index in [0.29, 0.717) is 17.9 Å². The van der Waals surface area contributed by atoms with Crippen LogP contribution < -0.4 is 14.8 Å². The van der Waals surface area contributed by atoms with Crippen molar-refractivity contribution >= 4 is 11.8 Å². The van der Waals surface area contributed by atoms with Gasteiger partial charge in [0.1, 0.15) is 17.5 Å². The van der Waals surface area contributed by atoms with E-state index in [0.717, 1.165) is 17.5 Å². The quantitative estimate of drug-likeness (QED) is 0.416. The lowest BCUT2D eigenvalue weighted by molar-refractivity contribution is -0.143. The van der Waals surface area contributed by atoms with E-state index in [1.165, 1.54) is 0 Å². The van der Waals surface area contributed by atoms with Gasteiger partial charge in [0.25, 0.3) is 5.91 Å². The first-order valence-electron chi connectivity index (χ1n) is 11.9. The molecule has 3 rings (SSSR count). The summed E-state index contributed by atoms with van der Waals surface area (Å²) >= 11 is 0. The summed E-state index contributed by atoms with van der Waals surface area (Å²) in [6, 6.07) is 25.8. The molecule has 0 spiro atoms. The summed E-state index contributed by atoms with van der Waals surface area (Å²) in [7, 11) is 1.60. The first kappa shape index (κ1) is 25.8. The second kappa shape index (κ2) is 13.2. The highest BCUT2D eigenvalue weighted by Crippen LogP contribution is 2.19. The number of carbonyl (C=O) groups excluding carboxylic acids is 2. The van der Waals surface area contributed by atoms with Crippen molar-refractivity contribution in [1.82, 2.24) is 10.2 Å². The van der Waals surface area contributed by atoms with Crippen molar-refractivity contribution in [3.63, 3.8) is 0 Å². The number of para-hydroxylation sites is 1. The van der Waals surface area contributed by atoms with E-state index in [4.69, 9.17) is 9.47 Å². The van der Waals surface area contributed by atoms with E-state index in [1.807, 2.05) is 86.6 Å². The minimum atomic E-state index is -0.704. The van der Waals surface area contributed by atoms with Crippen molar-refractivity contribution < 1.29 is 19.1 Å². The molecule has 35 heavy (non-hydrogen) atoms. The van der Waals surface area contributed by atoms with Gasteiger partial charge in [-0.05, 0) is 48.7 Å². The molecule has 1 N–H and O–H groups in total. The fourth-order valence-electron chi connectivity index (χ4n) is 3.71. The number of nitrogens with zero attached hydrogens (tertiary/aromatic N) is 1. The average molecular weight is 475 g/mol. The SMILES string of the molecule is CC[C@H](C)NC(=O)[C@H](Cc1ccccc1)N(Cc1cccc(OC)c1)C(=O)COc1ccccc1. The Morgan fingerprint density at radius 2 is 1.51 bits per heavy atom. The second-order valence-corrected chi connectivity index (χ2v) is 8.50. The molecule has 0 aliphatic heterocycles. The van der Waals surface area contributed by atoms with Gasteiger partial charge < -0.3 is 19.7 Å². The van der Waals surface area contributed by atoms with Gasteiger partial charge in [0.05, 0.1) is 7.11 Å². The normalized spacial score (nSPS) is 12.3. The lowest BCUT2D eigenvalue weighted by atomic mass is 10.0. The number of ether oxygens (including phenoxy) is 2. The van der Waals surface area contributed by atoms with Gasteiger partial charge in [0.15, 0.2) is 6.61 Å². The third-order valence-electron chi connectivity index (χ3n) is 5.86. The Morgan fingerprint density at radius 3 is 2.17 bits per heavy atom. The van der Waals surface area contributed by atoms with E-state index in [2.05, 4.69) is 5.32 Å². The van der Waals surface area contributed by atoms with E-state index in [-0.39, 0.29) is 31.0 Å². The summed E-state index contributed by atoms with van der Waals surface area (Å²) in [5.41, 5.74) is 1.84. The molecule has 0 heterocycles. The third-order valence-corrected chi connectivity index (χ3v) is 5.86.